The van der Waals surface area contributed by atoms with Crippen LogP contribution in [0.5, 0.6) is 0 Å². The molecule has 0 aromatic carbocycles. The Morgan fingerprint density at radius 2 is 1.45 bits per heavy atom. The molecule has 0 bridgehead atoms. The first-order valence-corrected chi connectivity index (χ1v) is 6.39. The molecule has 0 aromatic rings. The van der Waals surface area contributed by atoms with Crippen LogP contribution in [0.1, 0.15) is 20.3 Å². The molecule has 22 heavy (non-hydrogen) atoms. The van der Waals surface area contributed by atoms with Crippen LogP contribution in [0.25, 0.3) is 0 Å². The number of halogens is 8. The van der Waals surface area contributed by atoms with Crippen LogP contribution in [0.4, 0.5) is 35.1 Å². The van der Waals surface area contributed by atoms with Gasteiger partial charge in [0.2, 0.25) is 0 Å². The standard InChI is InChI=1S/C12H16F8O2/c1-3-9(4-21-5-9)6-22-7-10(15,16)12(19,20)11(17,18)8(2,13)14/h3-7H2,1-2H3. The molecular formula is C12H16F8O2. The molecule has 1 aliphatic heterocycles. The van der Waals surface area contributed by atoms with Crippen molar-refractivity contribution in [3.63, 3.8) is 0 Å². The molecule has 0 aliphatic carbocycles. The van der Waals surface area contributed by atoms with Crippen molar-refractivity contribution in [2.75, 3.05) is 26.4 Å². The fraction of sp³-hybridized carbons (Fsp3) is 1.00. The van der Waals surface area contributed by atoms with Crippen molar-refractivity contribution < 1.29 is 44.6 Å². The lowest BCUT2D eigenvalue weighted by Gasteiger charge is -2.41. The zero-order valence-electron chi connectivity index (χ0n) is 11.9. The van der Waals surface area contributed by atoms with Gasteiger partial charge in [-0.3, -0.25) is 0 Å². The normalized spacial score (nSPS) is 19.9. The molecular weight excluding hydrogens is 328 g/mol. The predicted molar refractivity (Wildman–Crippen MR) is 59.8 cm³/mol. The highest BCUT2D eigenvalue weighted by molar-refractivity contribution is 5.02. The first-order valence-electron chi connectivity index (χ1n) is 6.39. The Kier molecular flexibility index (Phi) is 5.09. The monoisotopic (exact) mass is 344 g/mol. The fourth-order valence-corrected chi connectivity index (χ4v) is 1.77. The first kappa shape index (κ1) is 19.4. The molecule has 1 aliphatic rings. The van der Waals surface area contributed by atoms with Crippen molar-refractivity contribution in [1.82, 2.24) is 0 Å². The van der Waals surface area contributed by atoms with E-state index in [-0.39, 0.29) is 13.2 Å². The highest BCUT2D eigenvalue weighted by Gasteiger charge is 2.79. The van der Waals surface area contributed by atoms with E-state index < -0.39 is 49.2 Å². The number of rotatable bonds is 8. The van der Waals surface area contributed by atoms with Gasteiger partial charge in [0.15, 0.2) is 0 Å². The van der Waals surface area contributed by atoms with Gasteiger partial charge in [-0.25, -0.2) is 0 Å². The van der Waals surface area contributed by atoms with Crippen molar-refractivity contribution in [2.45, 2.75) is 44.0 Å². The largest absolute Gasteiger partial charge is 0.380 e. The maximum absolute atomic E-state index is 13.3. The van der Waals surface area contributed by atoms with Gasteiger partial charge in [0.1, 0.15) is 6.61 Å². The molecule has 0 atom stereocenters. The van der Waals surface area contributed by atoms with Gasteiger partial charge in [0.05, 0.1) is 19.8 Å². The summed E-state index contributed by atoms with van der Waals surface area (Å²) in [6.45, 7) is -1.04. The number of alkyl halides is 8. The average molecular weight is 344 g/mol. The molecule has 1 saturated heterocycles. The molecule has 1 fully saturated rings. The quantitative estimate of drug-likeness (QED) is 0.620. The summed E-state index contributed by atoms with van der Waals surface area (Å²) in [6.07, 6.45) is 0.443. The summed E-state index contributed by atoms with van der Waals surface area (Å²) < 4.78 is 113. The van der Waals surface area contributed by atoms with E-state index in [0.717, 1.165) is 0 Å². The van der Waals surface area contributed by atoms with Crippen LogP contribution in [0.2, 0.25) is 0 Å². The second kappa shape index (κ2) is 5.77. The molecule has 1 rings (SSSR count). The van der Waals surface area contributed by atoms with Gasteiger partial charge < -0.3 is 9.47 Å². The van der Waals surface area contributed by atoms with Crippen LogP contribution in [0, 0.1) is 5.41 Å². The maximum Gasteiger partial charge on any atom is 0.380 e. The van der Waals surface area contributed by atoms with E-state index in [1.807, 2.05) is 0 Å². The van der Waals surface area contributed by atoms with Crippen LogP contribution in [-0.2, 0) is 9.47 Å². The summed E-state index contributed by atoms with van der Waals surface area (Å²) in [5, 5.41) is 0. The van der Waals surface area contributed by atoms with Gasteiger partial charge in [-0.05, 0) is 6.42 Å². The maximum atomic E-state index is 13.3. The van der Waals surface area contributed by atoms with E-state index in [0.29, 0.717) is 6.42 Å². The van der Waals surface area contributed by atoms with Gasteiger partial charge in [-0.1, -0.05) is 6.92 Å². The van der Waals surface area contributed by atoms with Crippen LogP contribution >= 0.6 is 0 Å². The molecule has 0 spiro atoms. The molecule has 0 aromatic heterocycles. The SMILES string of the molecule is CCC1(COCC(F)(F)C(F)(F)C(F)(F)C(C)(F)F)COC1. The highest BCUT2D eigenvalue weighted by Crippen LogP contribution is 2.52. The summed E-state index contributed by atoms with van der Waals surface area (Å²) in [6, 6.07) is 0. The van der Waals surface area contributed by atoms with Gasteiger partial charge in [0.25, 0.3) is 0 Å². The molecule has 10 heteroatoms. The van der Waals surface area contributed by atoms with Gasteiger partial charge in [0, 0.05) is 12.3 Å². The Bertz CT molecular complexity index is 382. The van der Waals surface area contributed by atoms with Crippen molar-refractivity contribution in [2.24, 2.45) is 5.41 Å². The minimum Gasteiger partial charge on any atom is -0.380 e. The fourth-order valence-electron chi connectivity index (χ4n) is 1.77. The van der Waals surface area contributed by atoms with E-state index in [9.17, 15) is 35.1 Å². The predicted octanol–water partition coefficient (Wildman–Crippen LogP) is 3.99. The van der Waals surface area contributed by atoms with E-state index >= 15 is 0 Å². The van der Waals surface area contributed by atoms with E-state index in [1.165, 1.54) is 0 Å². The lowest BCUT2D eigenvalue weighted by atomic mass is 9.84. The zero-order valence-corrected chi connectivity index (χ0v) is 11.9. The topological polar surface area (TPSA) is 18.5 Å². The third-order valence-electron chi connectivity index (χ3n) is 3.66. The van der Waals surface area contributed by atoms with Crippen molar-refractivity contribution in [3.05, 3.63) is 0 Å². The van der Waals surface area contributed by atoms with Gasteiger partial charge >= 0.3 is 23.7 Å². The molecule has 0 amide bonds. The Labute approximate surface area is 121 Å². The molecule has 0 radical (unpaired) electrons. The van der Waals surface area contributed by atoms with Crippen LogP contribution in [0.3, 0.4) is 0 Å². The van der Waals surface area contributed by atoms with Crippen LogP contribution in [0.15, 0.2) is 0 Å². The minimum absolute atomic E-state index is 0.161. The number of hydrogen-bond acceptors (Lipinski definition) is 2. The van der Waals surface area contributed by atoms with Crippen molar-refractivity contribution in [3.8, 4) is 0 Å². The number of hydrogen-bond donors (Lipinski definition) is 0. The van der Waals surface area contributed by atoms with E-state index in [4.69, 9.17) is 4.74 Å². The zero-order chi connectivity index (χ0) is 17.4. The number of ether oxygens (including phenoxy) is 2. The van der Waals surface area contributed by atoms with Crippen molar-refractivity contribution >= 4 is 0 Å². The van der Waals surface area contributed by atoms with Gasteiger partial charge in [-0.2, -0.15) is 35.1 Å². The van der Waals surface area contributed by atoms with Crippen LogP contribution < -0.4 is 0 Å². The Morgan fingerprint density at radius 1 is 0.955 bits per heavy atom. The van der Waals surface area contributed by atoms with Crippen molar-refractivity contribution in [1.29, 1.82) is 0 Å². The van der Waals surface area contributed by atoms with Crippen LogP contribution in [-0.4, -0.2) is 50.1 Å². The summed E-state index contributed by atoms with van der Waals surface area (Å²) in [5.41, 5.74) is -0.636. The third kappa shape index (κ3) is 3.17. The summed E-state index contributed by atoms with van der Waals surface area (Å²) in [5.74, 6) is -23.2. The third-order valence-corrected chi connectivity index (χ3v) is 3.66. The highest BCUT2D eigenvalue weighted by atomic mass is 19.4. The molecule has 132 valence electrons. The molecule has 0 unspecified atom stereocenters. The summed E-state index contributed by atoms with van der Waals surface area (Å²) in [7, 11) is 0. The van der Waals surface area contributed by atoms with E-state index in [1.54, 1.807) is 6.92 Å². The molecule has 1 heterocycles. The molecule has 2 nitrogen and oxygen atoms in total. The Morgan fingerprint density at radius 3 is 1.77 bits per heavy atom. The summed E-state index contributed by atoms with van der Waals surface area (Å²) >= 11 is 0. The Balaban J connectivity index is 2.75. The smallest absolute Gasteiger partial charge is 0.380 e. The minimum atomic E-state index is -6.26. The van der Waals surface area contributed by atoms with E-state index in [2.05, 4.69) is 4.74 Å². The second-order valence-corrected chi connectivity index (χ2v) is 5.58. The van der Waals surface area contributed by atoms with Gasteiger partial charge in [-0.15, -0.1) is 0 Å². The second-order valence-electron chi connectivity index (χ2n) is 5.58. The molecule has 0 N–H and O–H groups in total. The molecule has 0 saturated carbocycles. The average Bonchev–Trinajstić information content (AvgIpc) is 2.30. The summed E-state index contributed by atoms with van der Waals surface area (Å²) in [4.78, 5) is 0. The Hall–Kier alpha value is -0.640. The first-order chi connectivity index (χ1) is 9.72. The lowest BCUT2D eigenvalue weighted by Crippen LogP contribution is -2.62. The lowest BCUT2D eigenvalue weighted by molar-refractivity contribution is -0.369.